The fraction of sp³-hybridized carbons (Fsp3) is 0.476. The van der Waals surface area contributed by atoms with Crippen molar-refractivity contribution in [3.05, 3.63) is 97.2 Å². The van der Waals surface area contributed by atoms with Crippen LogP contribution >= 0.6 is 0 Å². The topological polar surface area (TPSA) is 158 Å². The first-order valence-corrected chi connectivity index (χ1v) is 18.1. The van der Waals surface area contributed by atoms with Gasteiger partial charge in [-0.2, -0.15) is 0 Å². The van der Waals surface area contributed by atoms with Gasteiger partial charge in [-0.1, -0.05) is 85.1 Å². The highest BCUT2D eigenvalue weighted by Gasteiger charge is 2.25. The van der Waals surface area contributed by atoms with Crippen LogP contribution in [0.25, 0.3) is 0 Å². The molecule has 0 aromatic rings. The summed E-state index contributed by atoms with van der Waals surface area (Å²) in [4.78, 5) is 72.1. The molecule has 0 saturated heterocycles. The highest BCUT2D eigenvalue weighted by molar-refractivity contribution is 5.70. The molecule has 296 valence electrons. The zero-order valence-electron chi connectivity index (χ0n) is 32.3. The van der Waals surface area contributed by atoms with Crippen molar-refractivity contribution in [3.8, 4) is 0 Å². The van der Waals surface area contributed by atoms with E-state index >= 15 is 0 Å². The molecule has 0 spiro atoms. The zero-order chi connectivity index (χ0) is 40.1. The average Bonchev–Trinajstić information content (AvgIpc) is 3.04. The van der Waals surface area contributed by atoms with Gasteiger partial charge in [0.25, 0.3) is 0 Å². The maximum absolute atomic E-state index is 12.5. The quantitative estimate of drug-likeness (QED) is 0.159. The highest BCUT2D eigenvalue weighted by Crippen LogP contribution is 2.19. The second kappa shape index (κ2) is 28.3. The molecule has 0 bridgehead atoms. The SMILES string of the molecule is CC(=O)OC1/C=C/CC(OC(C)=O)CC(OC(C)=O)CC(C)OC(=O)CC/C=C/C=C/C=C/C=C/C=C/C=C/CC(OC(C)=O)CC(OC(C)=O)/C=C/C1. The lowest BCUT2D eigenvalue weighted by Gasteiger charge is -2.25. The minimum atomic E-state index is -0.737. The van der Waals surface area contributed by atoms with Crippen LogP contribution in [-0.2, 0) is 57.2 Å². The predicted molar refractivity (Wildman–Crippen MR) is 203 cm³/mol. The molecule has 0 aromatic carbocycles. The van der Waals surface area contributed by atoms with E-state index < -0.39 is 72.4 Å². The fourth-order valence-corrected chi connectivity index (χ4v) is 5.24. The Morgan fingerprint density at radius 3 is 1.48 bits per heavy atom. The summed E-state index contributed by atoms with van der Waals surface area (Å²) in [5.41, 5.74) is 0. The third-order valence-electron chi connectivity index (χ3n) is 7.24. The molecular weight excluding hydrogens is 696 g/mol. The number of esters is 6. The minimum absolute atomic E-state index is 0.127. The van der Waals surface area contributed by atoms with Gasteiger partial charge in [-0.25, -0.2) is 0 Å². The first kappa shape index (κ1) is 46.8. The molecule has 0 fully saturated rings. The predicted octanol–water partition coefficient (Wildman–Crippen LogP) is 7.16. The summed E-state index contributed by atoms with van der Waals surface area (Å²) in [5, 5.41) is 0. The second-order valence-corrected chi connectivity index (χ2v) is 12.5. The lowest BCUT2D eigenvalue weighted by Crippen LogP contribution is -2.30. The molecule has 0 radical (unpaired) electrons. The maximum Gasteiger partial charge on any atom is 0.306 e. The minimum Gasteiger partial charge on any atom is -0.463 e. The highest BCUT2D eigenvalue weighted by atomic mass is 16.6. The molecule has 0 amide bonds. The first-order chi connectivity index (χ1) is 25.7. The van der Waals surface area contributed by atoms with Gasteiger partial charge in [0.2, 0.25) is 0 Å². The van der Waals surface area contributed by atoms with Gasteiger partial charge in [0, 0.05) is 79.6 Å². The number of cyclic esters (lactones) is 1. The standard InChI is InChI=1S/C42H56O12/c1-31-28-41(54-36(6)47)30-40(53-35(5)46)26-21-24-37(50-32(2)43)23-20-25-39(52-34(4)45)29-38(51-33(3)44)22-18-16-14-12-10-8-7-9-11-13-15-17-19-27-42(48)49-31/h7-18,20-21,24-25,31,37-41H,19,22-23,26-30H2,1-6H3/b9-7+,10-8+,13-11+,14-12+,17-15+,18-16+,24-21+,25-20+. The summed E-state index contributed by atoms with van der Waals surface area (Å²) in [6.07, 6.45) is 26.7. The zero-order valence-corrected chi connectivity index (χ0v) is 32.3. The van der Waals surface area contributed by atoms with E-state index in [1.807, 2.05) is 72.9 Å². The Balaban J connectivity index is 3.35. The van der Waals surface area contributed by atoms with Crippen LogP contribution in [-0.4, -0.2) is 72.4 Å². The van der Waals surface area contributed by atoms with Crippen molar-refractivity contribution in [2.24, 2.45) is 0 Å². The van der Waals surface area contributed by atoms with E-state index in [-0.39, 0.29) is 38.5 Å². The Morgan fingerprint density at radius 2 is 0.926 bits per heavy atom. The molecular formula is C42H56O12. The van der Waals surface area contributed by atoms with E-state index in [1.54, 1.807) is 31.2 Å². The van der Waals surface area contributed by atoms with Gasteiger partial charge in [-0.3, -0.25) is 28.8 Å². The number of hydrogen-bond donors (Lipinski definition) is 0. The van der Waals surface area contributed by atoms with Gasteiger partial charge >= 0.3 is 35.8 Å². The lowest BCUT2D eigenvalue weighted by atomic mass is 10.0. The summed E-state index contributed by atoms with van der Waals surface area (Å²) in [6.45, 7) is 8.10. The Bertz CT molecular complexity index is 1440. The molecule has 0 saturated carbocycles. The number of hydrogen-bond acceptors (Lipinski definition) is 12. The molecule has 6 atom stereocenters. The van der Waals surface area contributed by atoms with Gasteiger partial charge in [0.1, 0.15) is 36.6 Å². The van der Waals surface area contributed by atoms with Crippen LogP contribution in [0.15, 0.2) is 97.2 Å². The van der Waals surface area contributed by atoms with Crippen molar-refractivity contribution < 1.29 is 57.2 Å². The van der Waals surface area contributed by atoms with Gasteiger partial charge < -0.3 is 28.4 Å². The molecule has 0 aromatic heterocycles. The van der Waals surface area contributed by atoms with Crippen molar-refractivity contribution in [3.63, 3.8) is 0 Å². The summed E-state index contributed by atoms with van der Waals surface area (Å²) in [5.74, 6) is -2.99. The van der Waals surface area contributed by atoms with Crippen molar-refractivity contribution in [2.75, 3.05) is 0 Å². The summed E-state index contributed by atoms with van der Waals surface area (Å²) in [6, 6.07) is 0. The van der Waals surface area contributed by atoms with Crippen molar-refractivity contribution in [2.45, 2.75) is 130 Å². The van der Waals surface area contributed by atoms with Gasteiger partial charge in [-0.15, -0.1) is 0 Å². The van der Waals surface area contributed by atoms with E-state index in [0.29, 0.717) is 12.8 Å². The smallest absolute Gasteiger partial charge is 0.306 e. The molecule has 1 rings (SSSR count). The van der Waals surface area contributed by atoms with E-state index in [1.165, 1.54) is 34.6 Å². The van der Waals surface area contributed by atoms with Crippen LogP contribution in [0.2, 0.25) is 0 Å². The van der Waals surface area contributed by atoms with E-state index in [4.69, 9.17) is 28.4 Å². The third-order valence-corrected chi connectivity index (χ3v) is 7.24. The summed E-state index contributed by atoms with van der Waals surface area (Å²) >= 11 is 0. The number of carbonyl (C=O) groups is 6. The van der Waals surface area contributed by atoms with Gasteiger partial charge in [0.05, 0.1) is 0 Å². The van der Waals surface area contributed by atoms with Crippen LogP contribution in [0.5, 0.6) is 0 Å². The van der Waals surface area contributed by atoms with Gasteiger partial charge in [0.15, 0.2) is 0 Å². The number of allylic oxidation sites excluding steroid dienone is 11. The lowest BCUT2D eigenvalue weighted by molar-refractivity contribution is -0.157. The van der Waals surface area contributed by atoms with Crippen LogP contribution in [0.4, 0.5) is 0 Å². The van der Waals surface area contributed by atoms with E-state index in [9.17, 15) is 28.8 Å². The molecule has 0 N–H and O–H groups in total. The Kier molecular flexibility index (Phi) is 24.5. The van der Waals surface area contributed by atoms with Crippen molar-refractivity contribution in [1.82, 2.24) is 0 Å². The Morgan fingerprint density at radius 1 is 0.500 bits per heavy atom. The Hall–Kier alpha value is -5.26. The first-order valence-electron chi connectivity index (χ1n) is 18.1. The maximum atomic E-state index is 12.5. The van der Waals surface area contributed by atoms with Gasteiger partial charge in [-0.05, 0) is 25.5 Å². The summed E-state index contributed by atoms with van der Waals surface area (Å²) in [7, 11) is 0. The molecule has 12 heteroatoms. The fourth-order valence-electron chi connectivity index (χ4n) is 5.24. The van der Waals surface area contributed by atoms with Crippen LogP contribution < -0.4 is 0 Å². The normalized spacial score (nSPS) is 29.0. The van der Waals surface area contributed by atoms with Crippen LogP contribution in [0.1, 0.15) is 92.9 Å². The number of carbonyl (C=O) groups excluding carboxylic acids is 6. The number of ether oxygens (including phenoxy) is 6. The van der Waals surface area contributed by atoms with E-state index in [2.05, 4.69) is 0 Å². The molecule has 12 nitrogen and oxygen atoms in total. The largest absolute Gasteiger partial charge is 0.463 e. The molecule has 1 aliphatic heterocycles. The Labute approximate surface area is 319 Å². The molecule has 0 aliphatic carbocycles. The van der Waals surface area contributed by atoms with Crippen molar-refractivity contribution in [1.29, 1.82) is 0 Å². The molecule has 6 unspecified atom stereocenters. The van der Waals surface area contributed by atoms with Crippen LogP contribution in [0.3, 0.4) is 0 Å². The van der Waals surface area contributed by atoms with Crippen molar-refractivity contribution >= 4 is 35.8 Å². The molecule has 54 heavy (non-hydrogen) atoms. The summed E-state index contributed by atoms with van der Waals surface area (Å²) < 4.78 is 33.0. The van der Waals surface area contributed by atoms with Crippen LogP contribution in [0, 0.1) is 0 Å². The number of rotatable bonds is 5. The molecule has 1 heterocycles. The average molecular weight is 753 g/mol. The monoisotopic (exact) mass is 752 g/mol. The van der Waals surface area contributed by atoms with E-state index in [0.717, 1.165) is 0 Å². The third kappa shape index (κ3) is 26.5. The second-order valence-electron chi connectivity index (χ2n) is 12.5. The molecule has 1 aliphatic rings.